The van der Waals surface area contributed by atoms with Crippen molar-refractivity contribution in [1.82, 2.24) is 0 Å². The summed E-state index contributed by atoms with van der Waals surface area (Å²) >= 11 is 0. The lowest BCUT2D eigenvalue weighted by Crippen LogP contribution is -3.14. The van der Waals surface area contributed by atoms with Crippen molar-refractivity contribution in [1.29, 1.82) is 0 Å². The maximum Gasteiger partial charge on any atom is 0.166 e. The monoisotopic (exact) mass is 236 g/mol. The van der Waals surface area contributed by atoms with Gasteiger partial charge in [-0.05, 0) is 31.4 Å². The van der Waals surface area contributed by atoms with E-state index in [1.54, 1.807) is 12.0 Å². The average Bonchev–Trinajstić information content (AvgIpc) is 2.41. The van der Waals surface area contributed by atoms with Crippen LogP contribution in [0.25, 0.3) is 0 Å². The molecule has 3 nitrogen and oxygen atoms in total. The third kappa shape index (κ3) is 2.79. The van der Waals surface area contributed by atoms with Crippen molar-refractivity contribution in [2.24, 2.45) is 0 Å². The summed E-state index contributed by atoms with van der Waals surface area (Å²) in [5.74, 6) is 1.01. The number of nitrogens with one attached hydrogen (secondary N) is 1. The highest BCUT2D eigenvalue weighted by atomic mass is 16.5. The first kappa shape index (κ1) is 12.4. The molecule has 4 N–H and O–H groups in total. The fourth-order valence-electron chi connectivity index (χ4n) is 2.89. The number of para-hydroxylation sites is 1. The lowest BCUT2D eigenvalue weighted by Gasteiger charge is -2.30. The van der Waals surface area contributed by atoms with Crippen molar-refractivity contribution in [3.05, 3.63) is 29.8 Å². The molecule has 17 heavy (non-hydrogen) atoms. The molecule has 2 rings (SSSR count). The van der Waals surface area contributed by atoms with E-state index in [-0.39, 0.29) is 0 Å². The van der Waals surface area contributed by atoms with Gasteiger partial charge in [-0.15, -0.1) is 0 Å². The summed E-state index contributed by atoms with van der Waals surface area (Å²) in [5.41, 5.74) is 5.46. The van der Waals surface area contributed by atoms with Crippen LogP contribution in [0.1, 0.15) is 30.9 Å². The van der Waals surface area contributed by atoms with Gasteiger partial charge in [-0.3, -0.25) is 0 Å². The van der Waals surface area contributed by atoms with Gasteiger partial charge >= 0.3 is 0 Å². The largest absolute Gasteiger partial charge is 0.496 e. The Kier molecular flexibility index (Phi) is 4.40. The first-order chi connectivity index (χ1) is 8.36. The van der Waals surface area contributed by atoms with Gasteiger partial charge in [0.1, 0.15) is 12.3 Å². The Bertz CT molecular complexity index is 348. The molecule has 1 aliphatic heterocycles. The van der Waals surface area contributed by atoms with Crippen LogP contribution in [0.3, 0.4) is 0 Å². The molecule has 1 fully saturated rings. The highest BCUT2D eigenvalue weighted by Crippen LogP contribution is 2.22. The quantitative estimate of drug-likeness (QED) is 0.762. The summed E-state index contributed by atoms with van der Waals surface area (Å²) in [5, 5.41) is 0. The molecule has 1 aromatic carbocycles. The van der Waals surface area contributed by atoms with Gasteiger partial charge in [0.2, 0.25) is 0 Å². The molecule has 0 saturated carbocycles. The smallest absolute Gasteiger partial charge is 0.166 e. The van der Waals surface area contributed by atoms with E-state index in [0.29, 0.717) is 6.04 Å². The van der Waals surface area contributed by atoms with Crippen LogP contribution in [-0.4, -0.2) is 26.7 Å². The predicted molar refractivity (Wildman–Crippen MR) is 68.0 cm³/mol. The van der Waals surface area contributed by atoms with E-state index in [2.05, 4.69) is 23.9 Å². The molecule has 3 heteroatoms. The van der Waals surface area contributed by atoms with Gasteiger partial charge in [0, 0.05) is 0 Å². The van der Waals surface area contributed by atoms with Crippen molar-refractivity contribution in [2.75, 3.05) is 26.7 Å². The van der Waals surface area contributed by atoms with Gasteiger partial charge in [0.25, 0.3) is 0 Å². The highest BCUT2D eigenvalue weighted by Gasteiger charge is 2.28. The van der Waals surface area contributed by atoms with E-state index in [1.165, 1.54) is 37.9 Å². The van der Waals surface area contributed by atoms with E-state index in [1.807, 2.05) is 6.07 Å². The fraction of sp³-hybridized carbons (Fsp3) is 0.571. The van der Waals surface area contributed by atoms with Crippen molar-refractivity contribution in [2.45, 2.75) is 25.3 Å². The van der Waals surface area contributed by atoms with Gasteiger partial charge in [-0.25, -0.2) is 0 Å². The third-order valence-corrected chi connectivity index (χ3v) is 3.79. The van der Waals surface area contributed by atoms with Gasteiger partial charge < -0.3 is 15.4 Å². The number of benzene rings is 1. The zero-order valence-electron chi connectivity index (χ0n) is 10.7. The van der Waals surface area contributed by atoms with Crippen molar-refractivity contribution < 1.29 is 15.4 Å². The topological polar surface area (TPSA) is 41.3 Å². The average molecular weight is 236 g/mol. The first-order valence-corrected chi connectivity index (χ1v) is 6.63. The molecule has 0 bridgehead atoms. The highest BCUT2D eigenvalue weighted by molar-refractivity contribution is 5.34. The number of quaternary nitrogens is 2. The van der Waals surface area contributed by atoms with Gasteiger partial charge in [0.05, 0.1) is 25.8 Å². The molecule has 94 valence electrons. The standard InChI is InChI=1S/C14H22N2O/c1-17-14-8-4-3-7-12(14)13(11-15)16-9-5-2-6-10-16/h3-4,7-8,13H,2,5-6,9-11,15H2,1H3/p+2/t13-/m0/s1. The maximum atomic E-state index is 5.48. The lowest BCUT2D eigenvalue weighted by molar-refractivity contribution is -0.942. The zero-order valence-corrected chi connectivity index (χ0v) is 10.7. The minimum absolute atomic E-state index is 0.492. The molecule has 0 spiro atoms. The van der Waals surface area contributed by atoms with Crippen LogP contribution in [0.5, 0.6) is 5.75 Å². The van der Waals surface area contributed by atoms with E-state index in [9.17, 15) is 0 Å². The van der Waals surface area contributed by atoms with Crippen LogP contribution in [-0.2, 0) is 0 Å². The van der Waals surface area contributed by atoms with Crippen molar-refractivity contribution in [3.63, 3.8) is 0 Å². The first-order valence-electron chi connectivity index (χ1n) is 6.63. The third-order valence-electron chi connectivity index (χ3n) is 3.79. The summed E-state index contributed by atoms with van der Waals surface area (Å²) in [7, 11) is 1.75. The Morgan fingerprint density at radius 1 is 1.24 bits per heavy atom. The van der Waals surface area contributed by atoms with Crippen LogP contribution in [0.4, 0.5) is 0 Å². The second-order valence-electron chi connectivity index (χ2n) is 4.80. The van der Waals surface area contributed by atoms with Crippen LogP contribution >= 0.6 is 0 Å². The van der Waals surface area contributed by atoms with Gasteiger partial charge in [-0.2, -0.15) is 0 Å². The van der Waals surface area contributed by atoms with E-state index >= 15 is 0 Å². The number of likely N-dealkylation sites (tertiary alicyclic amines) is 1. The van der Waals surface area contributed by atoms with Crippen LogP contribution in [0.15, 0.2) is 24.3 Å². The van der Waals surface area contributed by atoms with Crippen molar-refractivity contribution in [3.8, 4) is 5.75 Å². The van der Waals surface area contributed by atoms with Crippen molar-refractivity contribution >= 4 is 0 Å². The molecule has 0 aromatic heterocycles. The molecule has 1 aliphatic rings. The maximum absolute atomic E-state index is 5.48. The Labute approximate surface area is 104 Å². The lowest BCUT2D eigenvalue weighted by atomic mass is 10.0. The molecule has 1 heterocycles. The number of ether oxygens (including phenoxy) is 1. The van der Waals surface area contributed by atoms with Crippen LogP contribution < -0.4 is 15.4 Å². The molecule has 0 amide bonds. The predicted octanol–water partition coefficient (Wildman–Crippen LogP) is 0.0470. The molecule has 0 radical (unpaired) electrons. The molecular formula is C14H24N2O+2. The molecule has 0 aliphatic carbocycles. The molecule has 1 atom stereocenters. The number of hydrogen-bond acceptors (Lipinski definition) is 1. The molecule has 1 saturated heterocycles. The Balaban J connectivity index is 2.21. The van der Waals surface area contributed by atoms with Crippen LogP contribution in [0, 0.1) is 0 Å². The SMILES string of the molecule is COc1ccccc1[C@H](C[NH3+])[NH+]1CCCCC1. The van der Waals surface area contributed by atoms with E-state index < -0.39 is 0 Å². The van der Waals surface area contributed by atoms with Crippen LogP contribution in [0.2, 0.25) is 0 Å². The Morgan fingerprint density at radius 2 is 1.94 bits per heavy atom. The zero-order chi connectivity index (χ0) is 12.1. The number of rotatable bonds is 4. The summed E-state index contributed by atoms with van der Waals surface area (Å²) < 4.78 is 5.48. The fourth-order valence-corrected chi connectivity index (χ4v) is 2.89. The number of piperidine rings is 1. The van der Waals surface area contributed by atoms with Gasteiger partial charge in [0.15, 0.2) is 6.04 Å². The number of hydrogen-bond donors (Lipinski definition) is 2. The van der Waals surface area contributed by atoms with E-state index in [4.69, 9.17) is 4.74 Å². The van der Waals surface area contributed by atoms with E-state index in [0.717, 1.165) is 12.3 Å². The van der Waals surface area contributed by atoms with Gasteiger partial charge in [-0.1, -0.05) is 12.1 Å². The Hall–Kier alpha value is -1.06. The summed E-state index contributed by atoms with van der Waals surface area (Å²) in [6.07, 6.45) is 4.08. The normalized spacial score (nSPS) is 18.9. The number of methoxy groups -OCH3 is 1. The summed E-state index contributed by atoms with van der Waals surface area (Å²) in [4.78, 5) is 1.68. The Morgan fingerprint density at radius 3 is 2.59 bits per heavy atom. The molecular weight excluding hydrogens is 212 g/mol. The second-order valence-corrected chi connectivity index (χ2v) is 4.80. The summed E-state index contributed by atoms with van der Waals surface area (Å²) in [6, 6.07) is 8.88. The minimum Gasteiger partial charge on any atom is -0.496 e. The molecule has 1 aromatic rings. The minimum atomic E-state index is 0.492. The summed E-state index contributed by atoms with van der Waals surface area (Å²) in [6.45, 7) is 3.49. The second kappa shape index (κ2) is 6.03. The molecule has 0 unspecified atom stereocenters.